The van der Waals surface area contributed by atoms with Gasteiger partial charge in [0.15, 0.2) is 0 Å². The van der Waals surface area contributed by atoms with E-state index in [-0.39, 0.29) is 23.8 Å². The van der Waals surface area contributed by atoms with Crippen LogP contribution in [-0.2, 0) is 4.79 Å². The highest BCUT2D eigenvalue weighted by Gasteiger charge is 2.17. The molecule has 3 N–H and O–H groups in total. The van der Waals surface area contributed by atoms with E-state index in [1.807, 2.05) is 0 Å². The first-order valence-electron chi connectivity index (χ1n) is 6.21. The molecular weight excluding hydrogens is 242 g/mol. The van der Waals surface area contributed by atoms with Crippen LogP contribution in [0.2, 0.25) is 0 Å². The first-order chi connectivity index (χ1) is 8.82. The van der Waals surface area contributed by atoms with Gasteiger partial charge in [-0.25, -0.2) is 0 Å². The summed E-state index contributed by atoms with van der Waals surface area (Å²) in [6, 6.07) is 6.65. The van der Waals surface area contributed by atoms with E-state index in [2.05, 4.69) is 5.32 Å². The topological polar surface area (TPSA) is 75.4 Å². The van der Waals surface area contributed by atoms with E-state index in [4.69, 9.17) is 5.73 Å². The van der Waals surface area contributed by atoms with Gasteiger partial charge in [-0.3, -0.25) is 9.59 Å². The van der Waals surface area contributed by atoms with Crippen molar-refractivity contribution in [2.24, 2.45) is 11.7 Å². The second kappa shape index (κ2) is 6.33. The van der Waals surface area contributed by atoms with Crippen LogP contribution in [0, 0.1) is 5.92 Å². The third kappa shape index (κ3) is 4.06. The molecule has 0 fully saturated rings. The van der Waals surface area contributed by atoms with Crippen molar-refractivity contribution in [3.05, 3.63) is 29.8 Å². The van der Waals surface area contributed by atoms with Crippen LogP contribution in [0.25, 0.3) is 0 Å². The standard InChI is InChI=1S/C14H21N3O2/c1-9(10(2)15)13(18)16-12-7-5-6-11(8-12)14(19)17(3)4/h5-10H,15H2,1-4H3,(H,16,18). The fraction of sp³-hybridized carbons (Fsp3) is 0.429. The van der Waals surface area contributed by atoms with Crippen molar-refractivity contribution in [1.82, 2.24) is 4.90 Å². The van der Waals surface area contributed by atoms with E-state index in [0.717, 1.165) is 0 Å². The van der Waals surface area contributed by atoms with E-state index in [9.17, 15) is 9.59 Å². The maximum absolute atomic E-state index is 11.9. The zero-order valence-electron chi connectivity index (χ0n) is 11.8. The third-order valence-electron chi connectivity index (χ3n) is 2.99. The quantitative estimate of drug-likeness (QED) is 0.860. The predicted molar refractivity (Wildman–Crippen MR) is 75.9 cm³/mol. The maximum atomic E-state index is 11.9. The number of nitrogens with two attached hydrogens (primary N) is 1. The molecule has 0 saturated carbocycles. The number of rotatable bonds is 4. The highest BCUT2D eigenvalue weighted by atomic mass is 16.2. The SMILES string of the molecule is CC(N)C(C)C(=O)Nc1cccc(C(=O)N(C)C)c1. The van der Waals surface area contributed by atoms with Crippen LogP contribution >= 0.6 is 0 Å². The van der Waals surface area contributed by atoms with Crippen LogP contribution in [-0.4, -0.2) is 36.9 Å². The summed E-state index contributed by atoms with van der Waals surface area (Å²) in [5, 5.41) is 2.77. The third-order valence-corrected chi connectivity index (χ3v) is 2.99. The van der Waals surface area contributed by atoms with Gasteiger partial charge in [-0.15, -0.1) is 0 Å². The summed E-state index contributed by atoms with van der Waals surface area (Å²) in [5.74, 6) is -0.533. The first kappa shape index (κ1) is 15.2. The Balaban J connectivity index is 2.83. The molecule has 1 rings (SSSR count). The molecule has 0 spiro atoms. The molecule has 2 atom stereocenters. The Kier molecular flexibility index (Phi) is 5.06. The summed E-state index contributed by atoms with van der Waals surface area (Å²) in [7, 11) is 3.37. The zero-order valence-corrected chi connectivity index (χ0v) is 11.8. The van der Waals surface area contributed by atoms with E-state index in [1.54, 1.807) is 52.2 Å². The molecule has 1 aromatic carbocycles. The second-order valence-electron chi connectivity index (χ2n) is 4.92. The fourth-order valence-electron chi connectivity index (χ4n) is 1.48. The van der Waals surface area contributed by atoms with Gasteiger partial charge in [-0.2, -0.15) is 0 Å². The first-order valence-corrected chi connectivity index (χ1v) is 6.21. The van der Waals surface area contributed by atoms with Crippen molar-refractivity contribution in [3.63, 3.8) is 0 Å². The van der Waals surface area contributed by atoms with Crippen LogP contribution in [0.15, 0.2) is 24.3 Å². The van der Waals surface area contributed by atoms with Crippen LogP contribution in [0.1, 0.15) is 24.2 Å². The fourth-order valence-corrected chi connectivity index (χ4v) is 1.48. The van der Waals surface area contributed by atoms with Gasteiger partial charge in [0.05, 0.1) is 5.92 Å². The molecular formula is C14H21N3O2. The lowest BCUT2D eigenvalue weighted by atomic mass is 10.0. The lowest BCUT2D eigenvalue weighted by Gasteiger charge is -2.16. The van der Waals surface area contributed by atoms with Crippen molar-refractivity contribution in [1.29, 1.82) is 0 Å². The number of carbonyl (C=O) groups is 2. The van der Waals surface area contributed by atoms with E-state index >= 15 is 0 Å². The lowest BCUT2D eigenvalue weighted by Crippen LogP contribution is -2.34. The highest BCUT2D eigenvalue weighted by Crippen LogP contribution is 2.13. The summed E-state index contributed by atoms with van der Waals surface area (Å²) in [6.45, 7) is 3.56. The predicted octanol–water partition coefficient (Wildman–Crippen LogP) is 1.31. The zero-order chi connectivity index (χ0) is 14.6. The molecule has 0 bridgehead atoms. The number of nitrogens with one attached hydrogen (secondary N) is 1. The minimum Gasteiger partial charge on any atom is -0.345 e. The Morgan fingerprint density at radius 3 is 2.42 bits per heavy atom. The van der Waals surface area contributed by atoms with Crippen LogP contribution < -0.4 is 11.1 Å². The van der Waals surface area contributed by atoms with Crippen LogP contribution in [0.3, 0.4) is 0 Å². The van der Waals surface area contributed by atoms with Crippen molar-refractivity contribution in [2.45, 2.75) is 19.9 Å². The van der Waals surface area contributed by atoms with Crippen LogP contribution in [0.4, 0.5) is 5.69 Å². The van der Waals surface area contributed by atoms with Crippen molar-refractivity contribution >= 4 is 17.5 Å². The maximum Gasteiger partial charge on any atom is 0.253 e. The molecule has 0 aromatic heterocycles. The molecule has 0 aliphatic rings. The number of amides is 2. The molecule has 104 valence electrons. The molecule has 5 nitrogen and oxygen atoms in total. The van der Waals surface area contributed by atoms with Gasteiger partial charge in [0.25, 0.3) is 5.91 Å². The van der Waals surface area contributed by atoms with Crippen molar-refractivity contribution < 1.29 is 9.59 Å². The summed E-state index contributed by atoms with van der Waals surface area (Å²) in [4.78, 5) is 25.2. The molecule has 0 heterocycles. The van der Waals surface area contributed by atoms with Gasteiger partial charge < -0.3 is 16.0 Å². The second-order valence-corrected chi connectivity index (χ2v) is 4.92. The Labute approximate surface area is 113 Å². The minimum atomic E-state index is -0.284. The number of hydrogen-bond donors (Lipinski definition) is 2. The molecule has 1 aromatic rings. The van der Waals surface area contributed by atoms with Crippen molar-refractivity contribution in [3.8, 4) is 0 Å². The number of benzene rings is 1. The summed E-state index contributed by atoms with van der Waals surface area (Å²) in [6.07, 6.45) is 0. The summed E-state index contributed by atoms with van der Waals surface area (Å²) < 4.78 is 0. The monoisotopic (exact) mass is 263 g/mol. The van der Waals surface area contributed by atoms with Crippen molar-refractivity contribution in [2.75, 3.05) is 19.4 Å². The summed E-state index contributed by atoms with van der Waals surface area (Å²) >= 11 is 0. The van der Waals surface area contributed by atoms with Gasteiger partial charge in [0.1, 0.15) is 0 Å². The van der Waals surface area contributed by atoms with Gasteiger partial charge in [-0.1, -0.05) is 13.0 Å². The Morgan fingerprint density at radius 1 is 1.26 bits per heavy atom. The molecule has 2 unspecified atom stereocenters. The Morgan fingerprint density at radius 2 is 1.89 bits per heavy atom. The molecule has 0 aliphatic heterocycles. The number of carbonyl (C=O) groups excluding carboxylic acids is 2. The largest absolute Gasteiger partial charge is 0.345 e. The molecule has 0 radical (unpaired) electrons. The average molecular weight is 263 g/mol. The Hall–Kier alpha value is -1.88. The highest BCUT2D eigenvalue weighted by molar-refractivity contribution is 5.97. The normalized spacial score (nSPS) is 13.5. The Bertz CT molecular complexity index is 470. The minimum absolute atomic E-state index is 0.101. The molecule has 2 amide bonds. The van der Waals surface area contributed by atoms with Crippen LogP contribution in [0.5, 0.6) is 0 Å². The number of nitrogens with zero attached hydrogens (tertiary/aromatic N) is 1. The van der Waals surface area contributed by atoms with E-state index in [1.165, 1.54) is 4.90 Å². The molecule has 0 saturated heterocycles. The van der Waals surface area contributed by atoms with Gasteiger partial charge in [-0.05, 0) is 25.1 Å². The average Bonchev–Trinajstić information content (AvgIpc) is 2.36. The molecule has 0 aliphatic carbocycles. The van der Waals surface area contributed by atoms with E-state index in [0.29, 0.717) is 11.3 Å². The summed E-state index contributed by atoms with van der Waals surface area (Å²) in [5.41, 5.74) is 6.83. The van der Waals surface area contributed by atoms with Gasteiger partial charge in [0.2, 0.25) is 5.91 Å². The molecule has 19 heavy (non-hydrogen) atoms. The van der Waals surface area contributed by atoms with Gasteiger partial charge >= 0.3 is 0 Å². The number of anilines is 1. The van der Waals surface area contributed by atoms with Gasteiger partial charge in [0, 0.05) is 31.4 Å². The lowest BCUT2D eigenvalue weighted by molar-refractivity contribution is -0.119. The number of hydrogen-bond acceptors (Lipinski definition) is 3. The molecule has 5 heteroatoms. The van der Waals surface area contributed by atoms with E-state index < -0.39 is 0 Å². The smallest absolute Gasteiger partial charge is 0.253 e.